The van der Waals surface area contributed by atoms with Crippen molar-refractivity contribution in [1.82, 2.24) is 5.32 Å². The number of rotatable bonds is 6. The van der Waals surface area contributed by atoms with E-state index in [9.17, 15) is 4.79 Å². The van der Waals surface area contributed by atoms with Crippen molar-refractivity contribution < 1.29 is 9.53 Å². The fourth-order valence-electron chi connectivity index (χ4n) is 1.43. The second-order valence-corrected chi connectivity index (χ2v) is 5.26. The second-order valence-electron chi connectivity index (χ2n) is 3.98. The Morgan fingerprint density at radius 2 is 2.22 bits per heavy atom. The number of thioether (sulfide) groups is 1. The highest BCUT2D eigenvalue weighted by Crippen LogP contribution is 2.19. The van der Waals surface area contributed by atoms with Gasteiger partial charge in [-0.1, -0.05) is 6.92 Å². The van der Waals surface area contributed by atoms with Crippen molar-refractivity contribution in [3.63, 3.8) is 0 Å². The fourth-order valence-corrected chi connectivity index (χ4v) is 1.68. The SMILES string of the molecule is CCOc1cc(N)cc(C(=O)NCC(C)SC)c1. The van der Waals surface area contributed by atoms with Gasteiger partial charge in [-0.05, 0) is 25.3 Å². The third-order valence-electron chi connectivity index (χ3n) is 2.45. The standard InChI is InChI=1S/C13H20N2O2S/c1-4-17-12-6-10(5-11(14)7-12)13(16)15-8-9(2)18-3/h5-7,9H,4,8,14H2,1-3H3,(H,15,16). The molecule has 0 bridgehead atoms. The summed E-state index contributed by atoms with van der Waals surface area (Å²) in [4.78, 5) is 11.9. The third kappa shape index (κ3) is 4.49. The van der Waals surface area contributed by atoms with Gasteiger partial charge in [0.05, 0.1) is 6.61 Å². The average Bonchev–Trinajstić information content (AvgIpc) is 2.35. The van der Waals surface area contributed by atoms with E-state index in [2.05, 4.69) is 12.2 Å². The van der Waals surface area contributed by atoms with Gasteiger partial charge in [0.25, 0.3) is 5.91 Å². The lowest BCUT2D eigenvalue weighted by molar-refractivity contribution is 0.0953. The summed E-state index contributed by atoms with van der Waals surface area (Å²) >= 11 is 1.71. The van der Waals surface area contributed by atoms with Gasteiger partial charge in [0, 0.05) is 29.1 Å². The van der Waals surface area contributed by atoms with E-state index in [1.54, 1.807) is 30.0 Å². The molecule has 0 aliphatic heterocycles. The van der Waals surface area contributed by atoms with E-state index >= 15 is 0 Å². The Hall–Kier alpha value is -1.36. The molecule has 1 aromatic carbocycles. The quantitative estimate of drug-likeness (QED) is 0.776. The molecule has 0 saturated heterocycles. The van der Waals surface area contributed by atoms with Gasteiger partial charge in [-0.25, -0.2) is 0 Å². The summed E-state index contributed by atoms with van der Waals surface area (Å²) in [5, 5.41) is 3.27. The van der Waals surface area contributed by atoms with E-state index in [0.717, 1.165) is 0 Å². The van der Waals surface area contributed by atoms with Gasteiger partial charge in [-0.15, -0.1) is 0 Å². The maximum atomic E-state index is 11.9. The Labute approximate surface area is 112 Å². The normalized spacial score (nSPS) is 11.9. The Bertz CT molecular complexity index is 410. The number of nitrogens with one attached hydrogen (secondary N) is 1. The number of anilines is 1. The maximum absolute atomic E-state index is 11.9. The zero-order valence-electron chi connectivity index (χ0n) is 11.0. The Morgan fingerprint density at radius 1 is 1.50 bits per heavy atom. The number of nitrogen functional groups attached to an aromatic ring is 1. The Balaban J connectivity index is 2.72. The molecule has 5 heteroatoms. The lowest BCUT2D eigenvalue weighted by Crippen LogP contribution is -2.29. The molecule has 0 saturated carbocycles. The van der Waals surface area contributed by atoms with Crippen LogP contribution >= 0.6 is 11.8 Å². The molecule has 18 heavy (non-hydrogen) atoms. The minimum Gasteiger partial charge on any atom is -0.494 e. The molecule has 1 rings (SSSR count). The first-order chi connectivity index (χ1) is 8.56. The second kappa shape index (κ2) is 7.16. The first-order valence-corrected chi connectivity index (χ1v) is 7.20. The van der Waals surface area contributed by atoms with Crippen molar-refractivity contribution in [2.24, 2.45) is 0 Å². The molecule has 100 valence electrons. The number of carbonyl (C=O) groups is 1. The van der Waals surface area contributed by atoms with Crippen molar-refractivity contribution in [1.29, 1.82) is 0 Å². The van der Waals surface area contributed by atoms with Crippen LogP contribution in [0.25, 0.3) is 0 Å². The number of benzene rings is 1. The highest BCUT2D eigenvalue weighted by atomic mass is 32.2. The number of hydrogen-bond donors (Lipinski definition) is 2. The van der Waals surface area contributed by atoms with Gasteiger partial charge < -0.3 is 15.8 Å². The lowest BCUT2D eigenvalue weighted by atomic mass is 10.1. The summed E-state index contributed by atoms with van der Waals surface area (Å²) in [5.41, 5.74) is 6.81. The average molecular weight is 268 g/mol. The minimum atomic E-state index is -0.121. The summed E-state index contributed by atoms with van der Waals surface area (Å²) in [6.45, 7) is 5.14. The van der Waals surface area contributed by atoms with Gasteiger partial charge in [-0.3, -0.25) is 4.79 Å². The van der Waals surface area contributed by atoms with Crippen molar-refractivity contribution in [2.75, 3.05) is 25.1 Å². The van der Waals surface area contributed by atoms with Crippen LogP contribution < -0.4 is 15.8 Å². The molecule has 0 heterocycles. The molecule has 0 aliphatic rings. The summed E-state index contributed by atoms with van der Waals surface area (Å²) < 4.78 is 5.36. The van der Waals surface area contributed by atoms with Crippen LogP contribution in [0.3, 0.4) is 0 Å². The minimum absolute atomic E-state index is 0.121. The van der Waals surface area contributed by atoms with Crippen LogP contribution in [0, 0.1) is 0 Å². The maximum Gasteiger partial charge on any atom is 0.251 e. The van der Waals surface area contributed by atoms with Crippen LogP contribution in [0.2, 0.25) is 0 Å². The monoisotopic (exact) mass is 268 g/mol. The zero-order chi connectivity index (χ0) is 13.5. The molecular formula is C13H20N2O2S. The number of amides is 1. The first-order valence-electron chi connectivity index (χ1n) is 5.91. The largest absolute Gasteiger partial charge is 0.494 e. The number of carbonyl (C=O) groups excluding carboxylic acids is 1. The summed E-state index contributed by atoms with van der Waals surface area (Å²) in [6, 6.07) is 5.07. The van der Waals surface area contributed by atoms with Crippen LogP contribution in [0.15, 0.2) is 18.2 Å². The molecule has 0 aromatic heterocycles. The number of hydrogen-bond acceptors (Lipinski definition) is 4. The smallest absolute Gasteiger partial charge is 0.251 e. The van der Waals surface area contributed by atoms with E-state index in [4.69, 9.17) is 10.5 Å². The first kappa shape index (κ1) is 14.7. The Morgan fingerprint density at radius 3 is 2.83 bits per heavy atom. The summed E-state index contributed by atoms with van der Waals surface area (Å²) in [5.74, 6) is 0.504. The molecule has 3 N–H and O–H groups in total. The highest BCUT2D eigenvalue weighted by Gasteiger charge is 2.09. The molecular weight excluding hydrogens is 248 g/mol. The molecule has 1 aromatic rings. The van der Waals surface area contributed by atoms with Crippen LogP contribution in [0.4, 0.5) is 5.69 Å². The van der Waals surface area contributed by atoms with Crippen LogP contribution in [0.5, 0.6) is 5.75 Å². The van der Waals surface area contributed by atoms with Crippen molar-refractivity contribution in [3.8, 4) is 5.75 Å². The van der Waals surface area contributed by atoms with Crippen molar-refractivity contribution >= 4 is 23.4 Å². The van der Waals surface area contributed by atoms with Crippen molar-refractivity contribution in [2.45, 2.75) is 19.1 Å². The van der Waals surface area contributed by atoms with Gasteiger partial charge in [0.1, 0.15) is 5.75 Å². The van der Waals surface area contributed by atoms with E-state index in [0.29, 0.717) is 35.4 Å². The van der Waals surface area contributed by atoms with E-state index < -0.39 is 0 Å². The lowest BCUT2D eigenvalue weighted by Gasteiger charge is -2.11. The molecule has 1 atom stereocenters. The van der Waals surface area contributed by atoms with Crippen molar-refractivity contribution in [3.05, 3.63) is 23.8 Å². The molecule has 4 nitrogen and oxygen atoms in total. The third-order valence-corrected chi connectivity index (χ3v) is 3.43. The molecule has 0 radical (unpaired) electrons. The van der Waals surface area contributed by atoms with Crippen LogP contribution in [0.1, 0.15) is 24.2 Å². The topological polar surface area (TPSA) is 64.3 Å². The molecule has 1 unspecified atom stereocenters. The molecule has 1 amide bonds. The van der Waals surface area contributed by atoms with E-state index in [-0.39, 0.29) is 5.91 Å². The predicted octanol–water partition coefficient (Wildman–Crippen LogP) is 2.15. The van der Waals surface area contributed by atoms with Gasteiger partial charge >= 0.3 is 0 Å². The molecule has 0 spiro atoms. The highest BCUT2D eigenvalue weighted by molar-refractivity contribution is 7.99. The van der Waals surface area contributed by atoms with E-state index in [1.807, 2.05) is 13.2 Å². The number of ether oxygens (including phenoxy) is 1. The molecule has 0 fully saturated rings. The van der Waals surface area contributed by atoms with E-state index in [1.165, 1.54) is 0 Å². The summed E-state index contributed by atoms with van der Waals surface area (Å²) in [7, 11) is 0. The van der Waals surface area contributed by atoms with Crippen LogP contribution in [-0.2, 0) is 0 Å². The fraction of sp³-hybridized carbons (Fsp3) is 0.462. The molecule has 0 aliphatic carbocycles. The Kier molecular flexibility index (Phi) is 5.85. The van der Waals surface area contributed by atoms with Gasteiger partial charge in [-0.2, -0.15) is 11.8 Å². The predicted molar refractivity (Wildman–Crippen MR) is 77.3 cm³/mol. The van der Waals surface area contributed by atoms with Gasteiger partial charge in [0.2, 0.25) is 0 Å². The summed E-state index contributed by atoms with van der Waals surface area (Å²) in [6.07, 6.45) is 2.02. The van der Waals surface area contributed by atoms with Gasteiger partial charge in [0.15, 0.2) is 0 Å². The zero-order valence-corrected chi connectivity index (χ0v) is 11.8. The number of nitrogens with two attached hydrogens (primary N) is 1. The van der Waals surface area contributed by atoms with Crippen LogP contribution in [-0.4, -0.2) is 30.6 Å².